The van der Waals surface area contributed by atoms with E-state index in [0.717, 1.165) is 25.7 Å². The number of alkyl carbamates (subject to hydrolysis) is 1. The largest absolute Gasteiger partial charge is 0.466 e. The monoisotopic (exact) mass is 843 g/mol. The van der Waals surface area contributed by atoms with Gasteiger partial charge < -0.3 is 45.0 Å². The van der Waals surface area contributed by atoms with Crippen LogP contribution in [0.15, 0.2) is 0 Å². The third-order valence-electron chi connectivity index (χ3n) is 8.56. The second-order valence-electron chi connectivity index (χ2n) is 15.3. The molecule has 0 aliphatic rings. The van der Waals surface area contributed by atoms with Gasteiger partial charge in [0.05, 0.1) is 26.4 Å². The number of carbonyl (C=O) groups is 8. The van der Waals surface area contributed by atoms with E-state index in [0.29, 0.717) is 51.5 Å². The average Bonchev–Trinajstić information content (AvgIpc) is 3.17. The summed E-state index contributed by atoms with van der Waals surface area (Å²) in [6.45, 7) is 14.1. The number of unbranched alkanes of at least 4 members (excludes halogenated alkanes) is 6. The zero-order chi connectivity index (χ0) is 44.5. The van der Waals surface area contributed by atoms with Crippen LogP contribution >= 0.6 is 0 Å². The average molecular weight is 843 g/mol. The quantitative estimate of drug-likeness (QED) is 0.0377. The van der Waals surface area contributed by atoms with E-state index in [1.165, 1.54) is 0 Å². The van der Waals surface area contributed by atoms with Crippen molar-refractivity contribution in [3.05, 3.63) is 0 Å². The zero-order valence-corrected chi connectivity index (χ0v) is 36.8. The Balaban J connectivity index is 5.90. The van der Waals surface area contributed by atoms with Crippen LogP contribution in [0.1, 0.15) is 164 Å². The Morgan fingerprint density at radius 3 is 1.37 bits per heavy atom. The molecule has 340 valence electrons. The van der Waals surface area contributed by atoms with Gasteiger partial charge in [0.2, 0.25) is 17.7 Å². The minimum absolute atomic E-state index is 0.0224. The molecule has 0 bridgehead atoms. The predicted octanol–water partition coefficient (Wildman–Crippen LogP) is 5.24. The highest BCUT2D eigenvalue weighted by molar-refractivity contribution is 5.92. The smallest absolute Gasteiger partial charge is 0.407 e. The van der Waals surface area contributed by atoms with E-state index < -0.39 is 71.4 Å². The molecule has 0 aromatic carbocycles. The molecule has 0 saturated heterocycles. The van der Waals surface area contributed by atoms with Gasteiger partial charge in [0.25, 0.3) is 0 Å². The Hall–Kier alpha value is -4.44. The van der Waals surface area contributed by atoms with Gasteiger partial charge in [0.15, 0.2) is 0 Å². The lowest BCUT2D eigenvalue weighted by molar-refractivity contribution is -0.150. The Morgan fingerprint density at radius 2 is 0.898 bits per heavy atom. The summed E-state index contributed by atoms with van der Waals surface area (Å²) >= 11 is 0. The maximum Gasteiger partial charge on any atom is 0.407 e. The van der Waals surface area contributed by atoms with E-state index in [9.17, 15) is 38.4 Å². The minimum Gasteiger partial charge on any atom is -0.466 e. The van der Waals surface area contributed by atoms with Crippen molar-refractivity contribution in [2.45, 2.75) is 188 Å². The summed E-state index contributed by atoms with van der Waals surface area (Å²) in [6, 6.07) is -3.71. The highest BCUT2D eigenvalue weighted by atomic mass is 16.6. The van der Waals surface area contributed by atoms with Crippen molar-refractivity contribution in [1.82, 2.24) is 21.3 Å². The van der Waals surface area contributed by atoms with Gasteiger partial charge in [-0.25, -0.2) is 14.4 Å². The van der Waals surface area contributed by atoms with Gasteiger partial charge in [0, 0.05) is 32.2 Å². The van der Waals surface area contributed by atoms with Crippen LogP contribution in [0.25, 0.3) is 0 Å². The molecule has 59 heavy (non-hydrogen) atoms. The fourth-order valence-electron chi connectivity index (χ4n) is 5.10. The number of esters is 4. The highest BCUT2D eigenvalue weighted by Crippen LogP contribution is 2.11. The molecule has 0 fully saturated rings. The zero-order valence-electron chi connectivity index (χ0n) is 36.8. The third-order valence-corrected chi connectivity index (χ3v) is 8.56. The van der Waals surface area contributed by atoms with Crippen LogP contribution in [0.2, 0.25) is 0 Å². The van der Waals surface area contributed by atoms with E-state index in [1.54, 1.807) is 20.8 Å². The molecule has 0 spiro atoms. The molecule has 4 amide bonds. The highest BCUT2D eigenvalue weighted by Gasteiger charge is 2.30. The van der Waals surface area contributed by atoms with Crippen molar-refractivity contribution in [3.8, 4) is 0 Å². The maximum absolute atomic E-state index is 13.8. The van der Waals surface area contributed by atoms with Gasteiger partial charge in [0.1, 0.15) is 23.7 Å². The van der Waals surface area contributed by atoms with E-state index in [4.69, 9.17) is 23.7 Å². The lowest BCUT2D eigenvalue weighted by atomic mass is 10.1. The van der Waals surface area contributed by atoms with Crippen molar-refractivity contribution in [2.24, 2.45) is 0 Å². The molecule has 0 radical (unpaired) electrons. The summed E-state index contributed by atoms with van der Waals surface area (Å²) in [4.78, 5) is 103. The summed E-state index contributed by atoms with van der Waals surface area (Å²) in [6.07, 6.45) is 5.72. The fourth-order valence-corrected chi connectivity index (χ4v) is 5.10. The molecule has 4 N–H and O–H groups in total. The minimum atomic E-state index is -1.30. The second-order valence-corrected chi connectivity index (χ2v) is 15.3. The molecular weight excluding hydrogens is 768 g/mol. The number of ether oxygens (including phenoxy) is 5. The second kappa shape index (κ2) is 33.4. The summed E-state index contributed by atoms with van der Waals surface area (Å²) in [5.74, 6) is -4.45. The van der Waals surface area contributed by atoms with Gasteiger partial charge in [-0.15, -0.1) is 0 Å². The van der Waals surface area contributed by atoms with Crippen molar-refractivity contribution in [3.63, 3.8) is 0 Å². The standard InChI is InChI=1S/C42H74N4O13/c1-8-12-27-55-36(49)24-21-32(39(52)57-29-14-10-3)45-35(48)23-20-31(44-34(47)19-17-16-18-26-43-41(54)59-42(5,6)7)38(51)46-33(40(53)58-30-15-11-4)22-25-37(50)56-28-13-9-2/h31-33H,8-30H2,1-7H3,(H,43,54)(H,44,47)(H,45,48)(H,46,51). The SMILES string of the molecule is CCCCOC(=O)CCC(NC(=O)CCC(NC(=O)CCCCCNC(=O)OC(C)(C)C)C(=O)NC(CCC(=O)OCCCC)C(=O)OCCCC)C(=O)OCCCC. The van der Waals surface area contributed by atoms with Crippen molar-refractivity contribution >= 4 is 47.7 Å². The first-order valence-corrected chi connectivity index (χ1v) is 21.6. The van der Waals surface area contributed by atoms with Gasteiger partial charge in [-0.05, 0) is 78.6 Å². The molecule has 17 heteroatoms. The number of nitrogens with one attached hydrogen (secondary N) is 4. The first-order valence-electron chi connectivity index (χ1n) is 21.6. The molecule has 0 aromatic heterocycles. The van der Waals surface area contributed by atoms with Gasteiger partial charge >= 0.3 is 30.0 Å². The molecule has 0 aromatic rings. The maximum atomic E-state index is 13.8. The van der Waals surface area contributed by atoms with Gasteiger partial charge in [-0.3, -0.25) is 24.0 Å². The molecule has 0 heterocycles. The van der Waals surface area contributed by atoms with Crippen molar-refractivity contribution in [1.29, 1.82) is 0 Å². The van der Waals surface area contributed by atoms with E-state index in [2.05, 4.69) is 21.3 Å². The molecular formula is C42H74N4O13. The van der Waals surface area contributed by atoms with Gasteiger partial charge in [-0.1, -0.05) is 59.8 Å². The number of hydrogen-bond acceptors (Lipinski definition) is 13. The normalized spacial score (nSPS) is 12.5. The Labute approximate surface area is 351 Å². The third kappa shape index (κ3) is 30.3. The number of hydrogen-bond donors (Lipinski definition) is 4. The van der Waals surface area contributed by atoms with Crippen LogP contribution in [-0.4, -0.2) is 104 Å². The van der Waals surface area contributed by atoms with Crippen LogP contribution in [0.3, 0.4) is 0 Å². The topological polar surface area (TPSA) is 231 Å². The van der Waals surface area contributed by atoms with E-state index >= 15 is 0 Å². The van der Waals surface area contributed by atoms with Crippen LogP contribution in [-0.2, 0) is 57.2 Å². The number of amides is 4. The summed E-state index contributed by atoms with van der Waals surface area (Å²) in [5.41, 5.74) is -0.633. The number of carbonyl (C=O) groups excluding carboxylic acids is 8. The van der Waals surface area contributed by atoms with Crippen LogP contribution < -0.4 is 21.3 Å². The first kappa shape index (κ1) is 54.6. The lowest BCUT2D eigenvalue weighted by Gasteiger charge is -2.23. The van der Waals surface area contributed by atoms with Crippen molar-refractivity contribution in [2.75, 3.05) is 33.0 Å². The molecule has 17 nitrogen and oxygen atoms in total. The molecule has 0 aliphatic carbocycles. The molecule has 3 unspecified atom stereocenters. The molecule has 0 saturated carbocycles. The summed E-state index contributed by atoms with van der Waals surface area (Å²) in [5, 5.41) is 10.5. The first-order chi connectivity index (χ1) is 28.1. The molecule has 0 aliphatic heterocycles. The van der Waals surface area contributed by atoms with Gasteiger partial charge in [-0.2, -0.15) is 0 Å². The molecule has 3 atom stereocenters. The van der Waals surface area contributed by atoms with Crippen molar-refractivity contribution < 1.29 is 62.0 Å². The molecule has 0 rings (SSSR count). The Kier molecular flexibility index (Phi) is 30.9. The fraction of sp³-hybridized carbons (Fsp3) is 0.810. The Morgan fingerprint density at radius 1 is 0.475 bits per heavy atom. The predicted molar refractivity (Wildman–Crippen MR) is 220 cm³/mol. The van der Waals surface area contributed by atoms with E-state index in [1.807, 2.05) is 27.7 Å². The summed E-state index contributed by atoms with van der Waals surface area (Å²) in [7, 11) is 0. The van der Waals surface area contributed by atoms with Crippen LogP contribution in [0, 0.1) is 0 Å². The lowest BCUT2D eigenvalue weighted by Crippen LogP contribution is -2.52. The van der Waals surface area contributed by atoms with E-state index in [-0.39, 0.29) is 71.4 Å². The van der Waals surface area contributed by atoms with Crippen LogP contribution in [0.4, 0.5) is 4.79 Å². The number of rotatable bonds is 33. The van der Waals surface area contributed by atoms with Crippen LogP contribution in [0.5, 0.6) is 0 Å². The Bertz CT molecular complexity index is 1270. The summed E-state index contributed by atoms with van der Waals surface area (Å²) < 4.78 is 26.3.